The van der Waals surface area contributed by atoms with Crippen molar-refractivity contribution in [1.82, 2.24) is 9.62 Å². The molecule has 8 nitrogen and oxygen atoms in total. The standard InChI is InChI=1S/C17H23N3O5S/c1-25-14-5-3-4-12-13(10-15(21)19-16(12)14)17(22)18-11-6-8-20(9-7-11)26(2,23)24/h3-5,11,13H,6-10H2,1-2H3,(H,18,22)(H,19,21). The van der Waals surface area contributed by atoms with Crippen LogP contribution in [0.2, 0.25) is 0 Å². The minimum Gasteiger partial charge on any atom is -0.495 e. The van der Waals surface area contributed by atoms with Gasteiger partial charge in [0.05, 0.1) is 25.0 Å². The third-order valence-corrected chi connectivity index (χ3v) is 6.20. The monoisotopic (exact) mass is 381 g/mol. The lowest BCUT2D eigenvalue weighted by molar-refractivity contribution is -0.127. The van der Waals surface area contributed by atoms with E-state index in [0.29, 0.717) is 37.4 Å². The first-order valence-corrected chi connectivity index (χ1v) is 10.4. The zero-order valence-corrected chi connectivity index (χ0v) is 15.6. The first kappa shape index (κ1) is 18.7. The number of sulfonamides is 1. The fraction of sp³-hybridized carbons (Fsp3) is 0.529. The van der Waals surface area contributed by atoms with E-state index in [1.165, 1.54) is 17.7 Å². The second kappa shape index (κ2) is 7.24. The molecule has 2 N–H and O–H groups in total. The van der Waals surface area contributed by atoms with E-state index in [1.807, 2.05) is 6.07 Å². The molecular weight excluding hydrogens is 358 g/mol. The summed E-state index contributed by atoms with van der Waals surface area (Å²) in [4.78, 5) is 24.8. The van der Waals surface area contributed by atoms with Gasteiger partial charge in [-0.05, 0) is 24.5 Å². The molecule has 0 bridgehead atoms. The Hall–Kier alpha value is -2.13. The summed E-state index contributed by atoms with van der Waals surface area (Å²) in [5.41, 5.74) is 1.27. The molecule has 9 heteroatoms. The van der Waals surface area contributed by atoms with Gasteiger partial charge in [0.25, 0.3) is 0 Å². The van der Waals surface area contributed by atoms with E-state index < -0.39 is 15.9 Å². The van der Waals surface area contributed by atoms with E-state index in [-0.39, 0.29) is 24.3 Å². The van der Waals surface area contributed by atoms with Crippen molar-refractivity contribution < 1.29 is 22.7 Å². The molecule has 0 spiro atoms. The zero-order chi connectivity index (χ0) is 18.9. The molecule has 1 unspecified atom stereocenters. The average Bonchev–Trinajstić information content (AvgIpc) is 2.60. The molecule has 1 aromatic rings. The summed E-state index contributed by atoms with van der Waals surface area (Å²) < 4.78 is 29.9. The summed E-state index contributed by atoms with van der Waals surface area (Å²) >= 11 is 0. The van der Waals surface area contributed by atoms with Crippen molar-refractivity contribution in [2.45, 2.75) is 31.2 Å². The third-order valence-electron chi connectivity index (χ3n) is 4.89. The van der Waals surface area contributed by atoms with Crippen molar-refractivity contribution in [2.75, 3.05) is 31.8 Å². The van der Waals surface area contributed by atoms with Crippen LogP contribution in [0.3, 0.4) is 0 Å². The third kappa shape index (κ3) is 3.83. The molecule has 2 aliphatic heterocycles. The predicted octanol–water partition coefficient (Wildman–Crippen LogP) is 0.661. The largest absolute Gasteiger partial charge is 0.495 e. The number of anilines is 1. The molecule has 0 radical (unpaired) electrons. The zero-order valence-electron chi connectivity index (χ0n) is 14.8. The first-order valence-electron chi connectivity index (χ1n) is 8.52. The number of carbonyl (C=O) groups is 2. The van der Waals surface area contributed by atoms with E-state index >= 15 is 0 Å². The normalized spacial score (nSPS) is 21.6. The maximum atomic E-state index is 12.8. The number of piperidine rings is 1. The molecule has 1 fully saturated rings. The second-order valence-corrected chi connectivity index (χ2v) is 8.66. The molecule has 1 atom stereocenters. The van der Waals surface area contributed by atoms with Gasteiger partial charge in [0, 0.05) is 25.6 Å². The van der Waals surface area contributed by atoms with E-state index in [1.54, 1.807) is 12.1 Å². The Bertz CT molecular complexity index is 816. The first-order chi connectivity index (χ1) is 12.3. The van der Waals surface area contributed by atoms with Crippen molar-refractivity contribution in [1.29, 1.82) is 0 Å². The minimum atomic E-state index is -3.20. The molecule has 142 valence electrons. The molecule has 3 rings (SSSR count). The average molecular weight is 381 g/mol. The number of carbonyl (C=O) groups excluding carboxylic acids is 2. The van der Waals surface area contributed by atoms with Gasteiger partial charge in [-0.2, -0.15) is 0 Å². The number of para-hydroxylation sites is 1. The molecule has 0 saturated carbocycles. The molecule has 0 aliphatic carbocycles. The highest BCUT2D eigenvalue weighted by Crippen LogP contribution is 2.38. The number of nitrogens with one attached hydrogen (secondary N) is 2. The molecule has 26 heavy (non-hydrogen) atoms. The highest BCUT2D eigenvalue weighted by molar-refractivity contribution is 7.88. The van der Waals surface area contributed by atoms with Crippen LogP contribution >= 0.6 is 0 Å². The molecule has 0 aromatic heterocycles. The number of nitrogens with zero attached hydrogens (tertiary/aromatic N) is 1. The molecular formula is C17H23N3O5S. The molecule has 2 heterocycles. The Morgan fingerprint density at radius 3 is 2.62 bits per heavy atom. The quantitative estimate of drug-likeness (QED) is 0.797. The fourth-order valence-corrected chi connectivity index (χ4v) is 4.37. The lowest BCUT2D eigenvalue weighted by Crippen LogP contribution is -2.47. The van der Waals surface area contributed by atoms with Crippen LogP contribution in [0.25, 0.3) is 0 Å². The van der Waals surface area contributed by atoms with Gasteiger partial charge in [0.15, 0.2) is 0 Å². The van der Waals surface area contributed by atoms with Crippen LogP contribution < -0.4 is 15.4 Å². The minimum absolute atomic E-state index is 0.0776. The maximum absolute atomic E-state index is 12.8. The van der Waals surface area contributed by atoms with Gasteiger partial charge in [-0.15, -0.1) is 0 Å². The van der Waals surface area contributed by atoms with Gasteiger partial charge >= 0.3 is 0 Å². The van der Waals surface area contributed by atoms with Gasteiger partial charge < -0.3 is 15.4 Å². The van der Waals surface area contributed by atoms with Gasteiger partial charge in [-0.3, -0.25) is 9.59 Å². The van der Waals surface area contributed by atoms with Crippen LogP contribution in [-0.4, -0.2) is 57.0 Å². The number of methoxy groups -OCH3 is 1. The summed E-state index contributed by atoms with van der Waals surface area (Å²) in [6, 6.07) is 5.24. The molecule has 1 saturated heterocycles. The van der Waals surface area contributed by atoms with Crippen LogP contribution in [0, 0.1) is 0 Å². The highest BCUT2D eigenvalue weighted by Gasteiger charge is 2.34. The van der Waals surface area contributed by atoms with Crippen molar-refractivity contribution in [3.63, 3.8) is 0 Å². The predicted molar refractivity (Wildman–Crippen MR) is 96.6 cm³/mol. The molecule has 2 aliphatic rings. The smallest absolute Gasteiger partial charge is 0.228 e. The van der Waals surface area contributed by atoms with Crippen molar-refractivity contribution in [3.8, 4) is 5.75 Å². The lowest BCUT2D eigenvalue weighted by atomic mass is 9.89. The second-order valence-electron chi connectivity index (χ2n) is 6.67. The number of benzene rings is 1. The number of fused-ring (bicyclic) bond motifs is 1. The van der Waals surface area contributed by atoms with Crippen molar-refractivity contribution in [2.24, 2.45) is 0 Å². The maximum Gasteiger partial charge on any atom is 0.228 e. The number of ether oxygens (including phenoxy) is 1. The van der Waals surface area contributed by atoms with Crippen LogP contribution in [0.5, 0.6) is 5.75 Å². The lowest BCUT2D eigenvalue weighted by Gasteiger charge is -2.32. The Morgan fingerprint density at radius 2 is 2.00 bits per heavy atom. The SMILES string of the molecule is COc1cccc2c1NC(=O)CC2C(=O)NC1CCN(S(C)(=O)=O)CC1. The molecule has 1 aromatic carbocycles. The van der Waals surface area contributed by atoms with E-state index in [4.69, 9.17) is 4.74 Å². The van der Waals surface area contributed by atoms with Crippen LogP contribution in [-0.2, 0) is 19.6 Å². The van der Waals surface area contributed by atoms with Gasteiger partial charge in [0.1, 0.15) is 5.75 Å². The number of amides is 2. The van der Waals surface area contributed by atoms with Gasteiger partial charge in [0.2, 0.25) is 21.8 Å². The number of hydrogen-bond acceptors (Lipinski definition) is 5. The van der Waals surface area contributed by atoms with Gasteiger partial charge in [-0.1, -0.05) is 12.1 Å². The van der Waals surface area contributed by atoms with E-state index in [2.05, 4.69) is 10.6 Å². The molecule has 2 amide bonds. The van der Waals surface area contributed by atoms with Gasteiger partial charge in [-0.25, -0.2) is 12.7 Å². The van der Waals surface area contributed by atoms with Crippen LogP contribution in [0.15, 0.2) is 18.2 Å². The summed E-state index contributed by atoms with van der Waals surface area (Å²) in [6.07, 6.45) is 2.39. The van der Waals surface area contributed by atoms with Crippen LogP contribution in [0.1, 0.15) is 30.7 Å². The van der Waals surface area contributed by atoms with E-state index in [9.17, 15) is 18.0 Å². The Labute approximate surface area is 152 Å². The number of hydrogen-bond donors (Lipinski definition) is 2. The summed E-state index contributed by atoms with van der Waals surface area (Å²) in [6.45, 7) is 0.776. The topological polar surface area (TPSA) is 105 Å². The van der Waals surface area contributed by atoms with Crippen molar-refractivity contribution in [3.05, 3.63) is 23.8 Å². The summed E-state index contributed by atoms with van der Waals surface area (Å²) in [5.74, 6) is -0.502. The van der Waals surface area contributed by atoms with Crippen LogP contribution in [0.4, 0.5) is 5.69 Å². The highest BCUT2D eigenvalue weighted by atomic mass is 32.2. The summed E-state index contributed by atoms with van der Waals surface area (Å²) in [5, 5.41) is 5.75. The van der Waals surface area contributed by atoms with Crippen molar-refractivity contribution >= 4 is 27.5 Å². The fourth-order valence-electron chi connectivity index (χ4n) is 3.50. The Morgan fingerprint density at radius 1 is 1.31 bits per heavy atom. The Kier molecular flexibility index (Phi) is 5.19. The van der Waals surface area contributed by atoms with E-state index in [0.717, 1.165) is 5.56 Å². The summed E-state index contributed by atoms with van der Waals surface area (Å²) in [7, 11) is -1.68. The number of rotatable bonds is 4. The Balaban J connectivity index is 1.71.